The van der Waals surface area contributed by atoms with Gasteiger partial charge in [-0.1, -0.05) is 30.3 Å². The molecule has 27 heavy (non-hydrogen) atoms. The maximum atomic E-state index is 4.52. The fourth-order valence-electron chi connectivity index (χ4n) is 3.72. The van der Waals surface area contributed by atoms with Crippen LogP contribution >= 0.6 is 0 Å². The molecule has 0 spiro atoms. The Labute approximate surface area is 160 Å². The van der Waals surface area contributed by atoms with Gasteiger partial charge in [0.2, 0.25) is 0 Å². The average Bonchev–Trinajstić information content (AvgIpc) is 3.23. The quantitative estimate of drug-likeness (QED) is 0.501. The van der Waals surface area contributed by atoms with Crippen molar-refractivity contribution in [3.05, 3.63) is 82.9 Å². The third-order valence-electron chi connectivity index (χ3n) is 5.58. The zero-order chi connectivity index (χ0) is 19.1. The minimum absolute atomic E-state index is 0.860. The van der Waals surface area contributed by atoms with E-state index in [1.54, 1.807) is 6.33 Å². The van der Waals surface area contributed by atoms with Crippen molar-refractivity contribution in [3.8, 4) is 22.8 Å². The number of benzene rings is 2. The second-order valence-corrected chi connectivity index (χ2v) is 7.09. The molecule has 2 aromatic heterocycles. The minimum Gasteiger partial charge on any atom is -0.318 e. The molecule has 0 aliphatic rings. The van der Waals surface area contributed by atoms with Gasteiger partial charge in [0, 0.05) is 22.6 Å². The third kappa shape index (κ3) is 2.78. The van der Waals surface area contributed by atoms with Gasteiger partial charge in [0.25, 0.3) is 0 Å². The van der Waals surface area contributed by atoms with Crippen LogP contribution in [0.3, 0.4) is 0 Å². The Morgan fingerprint density at radius 1 is 0.741 bits per heavy atom. The van der Waals surface area contributed by atoms with Crippen molar-refractivity contribution >= 4 is 0 Å². The van der Waals surface area contributed by atoms with Crippen molar-refractivity contribution in [2.45, 2.75) is 34.6 Å². The Kier molecular flexibility index (Phi) is 4.19. The highest BCUT2D eigenvalue weighted by atomic mass is 15.3. The molecular weight excluding hydrogens is 332 g/mol. The second-order valence-electron chi connectivity index (χ2n) is 7.09. The fourth-order valence-corrected chi connectivity index (χ4v) is 3.72. The summed E-state index contributed by atoms with van der Waals surface area (Å²) in [5.74, 6) is 0.860. The maximum absolute atomic E-state index is 4.52. The molecule has 0 unspecified atom stereocenters. The molecule has 4 aromatic rings. The first-order valence-electron chi connectivity index (χ1n) is 9.21. The van der Waals surface area contributed by atoms with E-state index in [9.17, 15) is 0 Å². The summed E-state index contributed by atoms with van der Waals surface area (Å²) >= 11 is 0. The van der Waals surface area contributed by atoms with Gasteiger partial charge in [0.05, 0.1) is 5.69 Å². The summed E-state index contributed by atoms with van der Waals surface area (Å²) in [4.78, 5) is 4.52. The van der Waals surface area contributed by atoms with Gasteiger partial charge in [-0.25, -0.2) is 9.67 Å². The summed E-state index contributed by atoms with van der Waals surface area (Å²) in [5.41, 5.74) is 9.68. The molecule has 0 aliphatic carbocycles. The molecular formula is C23H24N4. The van der Waals surface area contributed by atoms with Crippen LogP contribution in [0.2, 0.25) is 0 Å². The van der Waals surface area contributed by atoms with Gasteiger partial charge in [0.1, 0.15) is 6.33 Å². The first-order valence-corrected chi connectivity index (χ1v) is 9.21. The lowest BCUT2D eigenvalue weighted by Crippen LogP contribution is -2.04. The molecule has 0 saturated carbocycles. The topological polar surface area (TPSA) is 35.6 Å². The molecule has 2 heterocycles. The van der Waals surface area contributed by atoms with E-state index in [1.807, 2.05) is 16.8 Å². The Hall–Kier alpha value is -3.14. The zero-order valence-electron chi connectivity index (χ0n) is 16.5. The number of hydrogen-bond donors (Lipinski definition) is 0. The molecule has 0 aliphatic heterocycles. The number of aromatic nitrogens is 4. The minimum atomic E-state index is 0.860. The molecule has 0 atom stereocenters. The van der Waals surface area contributed by atoms with E-state index >= 15 is 0 Å². The molecule has 4 heteroatoms. The number of hydrogen-bond acceptors (Lipinski definition) is 2. The average molecular weight is 356 g/mol. The predicted molar refractivity (Wildman–Crippen MR) is 110 cm³/mol. The summed E-state index contributed by atoms with van der Waals surface area (Å²) in [7, 11) is 0. The standard InChI is InChI=1S/C23H24N4/c1-15-9-6-7-12-22(15)23-24-14-25-27(23)21-11-8-10-20(13-21)26-18(4)16(2)17(3)19(26)5/h6-14H,1-5H3. The van der Waals surface area contributed by atoms with Gasteiger partial charge in [-0.05, 0) is 69.5 Å². The highest BCUT2D eigenvalue weighted by molar-refractivity contribution is 5.62. The van der Waals surface area contributed by atoms with Crippen molar-refractivity contribution < 1.29 is 0 Å². The summed E-state index contributed by atoms with van der Waals surface area (Å²) in [6, 6.07) is 16.8. The summed E-state index contributed by atoms with van der Waals surface area (Å²) in [6.45, 7) is 10.8. The summed E-state index contributed by atoms with van der Waals surface area (Å²) in [6.07, 6.45) is 1.62. The van der Waals surface area contributed by atoms with Crippen molar-refractivity contribution in [1.29, 1.82) is 0 Å². The molecule has 4 rings (SSSR count). The number of aryl methyl sites for hydroxylation is 1. The van der Waals surface area contributed by atoms with Gasteiger partial charge in [-0.2, -0.15) is 5.10 Å². The van der Waals surface area contributed by atoms with E-state index in [0.717, 1.165) is 22.8 Å². The van der Waals surface area contributed by atoms with Crippen LogP contribution < -0.4 is 0 Å². The SMILES string of the molecule is Cc1ccccc1-c1ncnn1-c1cccc(-n2c(C)c(C)c(C)c2C)c1. The van der Waals surface area contributed by atoms with Crippen LogP contribution in [-0.2, 0) is 0 Å². The predicted octanol–water partition coefficient (Wildman–Crippen LogP) is 5.27. The lowest BCUT2D eigenvalue weighted by Gasteiger charge is -2.13. The zero-order valence-corrected chi connectivity index (χ0v) is 16.5. The Morgan fingerprint density at radius 3 is 2.11 bits per heavy atom. The molecule has 4 nitrogen and oxygen atoms in total. The van der Waals surface area contributed by atoms with Crippen LogP contribution in [0.25, 0.3) is 22.8 Å². The van der Waals surface area contributed by atoms with Crippen LogP contribution in [-0.4, -0.2) is 19.3 Å². The van der Waals surface area contributed by atoms with Gasteiger partial charge in [-0.3, -0.25) is 0 Å². The summed E-state index contributed by atoms with van der Waals surface area (Å²) in [5, 5.41) is 4.50. The third-order valence-corrected chi connectivity index (χ3v) is 5.58. The van der Waals surface area contributed by atoms with Gasteiger partial charge >= 0.3 is 0 Å². The van der Waals surface area contributed by atoms with Crippen LogP contribution in [0.4, 0.5) is 0 Å². The first-order chi connectivity index (χ1) is 13.0. The second kappa shape index (κ2) is 6.54. The van der Waals surface area contributed by atoms with Crippen LogP contribution in [0.15, 0.2) is 54.9 Å². The largest absolute Gasteiger partial charge is 0.318 e. The van der Waals surface area contributed by atoms with Gasteiger partial charge < -0.3 is 4.57 Å². The van der Waals surface area contributed by atoms with Gasteiger partial charge in [0.15, 0.2) is 5.82 Å². The Bertz CT molecular complexity index is 1110. The first kappa shape index (κ1) is 17.3. The normalized spacial score (nSPS) is 11.1. The Morgan fingerprint density at radius 2 is 1.41 bits per heavy atom. The van der Waals surface area contributed by atoms with E-state index in [0.29, 0.717) is 0 Å². The van der Waals surface area contributed by atoms with Gasteiger partial charge in [-0.15, -0.1) is 0 Å². The van der Waals surface area contributed by atoms with E-state index in [4.69, 9.17) is 0 Å². The highest BCUT2D eigenvalue weighted by Gasteiger charge is 2.15. The van der Waals surface area contributed by atoms with E-state index in [-0.39, 0.29) is 0 Å². The van der Waals surface area contributed by atoms with Crippen molar-refractivity contribution in [3.63, 3.8) is 0 Å². The number of rotatable bonds is 3. The van der Waals surface area contributed by atoms with E-state index < -0.39 is 0 Å². The molecule has 2 aromatic carbocycles. The van der Waals surface area contributed by atoms with Crippen molar-refractivity contribution in [2.75, 3.05) is 0 Å². The van der Waals surface area contributed by atoms with Crippen LogP contribution in [0.1, 0.15) is 28.1 Å². The lowest BCUT2D eigenvalue weighted by molar-refractivity contribution is 0.879. The molecule has 0 N–H and O–H groups in total. The lowest BCUT2D eigenvalue weighted by atomic mass is 10.1. The van der Waals surface area contributed by atoms with Crippen molar-refractivity contribution in [2.24, 2.45) is 0 Å². The number of nitrogens with zero attached hydrogens (tertiary/aromatic N) is 4. The molecule has 0 fully saturated rings. The molecule has 0 bridgehead atoms. The van der Waals surface area contributed by atoms with Crippen LogP contribution in [0, 0.1) is 34.6 Å². The molecule has 0 amide bonds. The fraction of sp³-hybridized carbons (Fsp3) is 0.217. The monoisotopic (exact) mass is 356 g/mol. The van der Waals surface area contributed by atoms with Crippen molar-refractivity contribution in [1.82, 2.24) is 19.3 Å². The molecule has 0 saturated heterocycles. The smallest absolute Gasteiger partial charge is 0.163 e. The molecule has 136 valence electrons. The van der Waals surface area contributed by atoms with E-state index in [2.05, 4.69) is 85.7 Å². The molecule has 0 radical (unpaired) electrons. The maximum Gasteiger partial charge on any atom is 0.163 e. The highest BCUT2D eigenvalue weighted by Crippen LogP contribution is 2.27. The summed E-state index contributed by atoms with van der Waals surface area (Å²) < 4.78 is 4.23. The Balaban J connectivity index is 1.86. The van der Waals surface area contributed by atoms with E-state index in [1.165, 1.54) is 28.1 Å². The van der Waals surface area contributed by atoms with Crippen LogP contribution in [0.5, 0.6) is 0 Å².